The van der Waals surface area contributed by atoms with Crippen LogP contribution in [0.3, 0.4) is 0 Å². The quantitative estimate of drug-likeness (QED) is 0.311. The van der Waals surface area contributed by atoms with Crippen LogP contribution >= 0.6 is 0 Å². The Morgan fingerprint density at radius 1 is 1.38 bits per heavy atom. The standard InChI is InChI=1S/C12H22N6O3/c1-17-9-10(18(20)21)16-11(17)12(19)15-8-4-7-14-6-3-2-5-13/h9,14H,2-8,13H2,1H3,(H,15,19). The Hall–Kier alpha value is -2.00. The second kappa shape index (κ2) is 9.03. The van der Waals surface area contributed by atoms with E-state index in [1.54, 1.807) is 7.05 Å². The van der Waals surface area contributed by atoms with Gasteiger partial charge in [-0.25, -0.2) is 0 Å². The van der Waals surface area contributed by atoms with Crippen LogP contribution in [-0.4, -0.2) is 46.6 Å². The molecular weight excluding hydrogens is 276 g/mol. The second-order valence-electron chi connectivity index (χ2n) is 4.65. The normalized spacial score (nSPS) is 10.6. The van der Waals surface area contributed by atoms with E-state index in [0.717, 1.165) is 32.4 Å². The van der Waals surface area contributed by atoms with Gasteiger partial charge in [0.05, 0.1) is 0 Å². The van der Waals surface area contributed by atoms with Crippen LogP contribution in [0.5, 0.6) is 0 Å². The van der Waals surface area contributed by atoms with Crippen LogP contribution in [0, 0.1) is 10.1 Å². The van der Waals surface area contributed by atoms with Crippen molar-refractivity contribution < 1.29 is 9.72 Å². The van der Waals surface area contributed by atoms with Gasteiger partial charge >= 0.3 is 17.5 Å². The van der Waals surface area contributed by atoms with Crippen LogP contribution in [0.4, 0.5) is 5.82 Å². The van der Waals surface area contributed by atoms with Gasteiger partial charge in [-0.3, -0.25) is 4.79 Å². The largest absolute Gasteiger partial charge is 0.382 e. The molecule has 9 heteroatoms. The predicted octanol–water partition coefficient (Wildman–Crippen LogP) is -0.223. The lowest BCUT2D eigenvalue weighted by Crippen LogP contribution is -2.29. The van der Waals surface area contributed by atoms with Crippen molar-refractivity contribution in [3.8, 4) is 0 Å². The molecule has 0 fully saturated rings. The third-order valence-electron chi connectivity index (χ3n) is 2.88. The number of unbranched alkanes of at least 4 members (excludes halogenated alkanes) is 1. The number of nitrogens with two attached hydrogens (primary N) is 1. The zero-order valence-corrected chi connectivity index (χ0v) is 12.2. The zero-order valence-electron chi connectivity index (χ0n) is 12.2. The van der Waals surface area contributed by atoms with Gasteiger partial charge in [0.1, 0.15) is 6.20 Å². The van der Waals surface area contributed by atoms with E-state index in [4.69, 9.17) is 5.73 Å². The number of hydrogen-bond acceptors (Lipinski definition) is 6. The van der Waals surface area contributed by atoms with Crippen molar-refractivity contribution in [3.63, 3.8) is 0 Å². The van der Waals surface area contributed by atoms with Crippen molar-refractivity contribution in [1.29, 1.82) is 0 Å². The number of hydrogen-bond donors (Lipinski definition) is 3. The Balaban J connectivity index is 2.23. The first-order chi connectivity index (χ1) is 10.1. The summed E-state index contributed by atoms with van der Waals surface area (Å²) in [6, 6.07) is 0. The lowest BCUT2D eigenvalue weighted by atomic mass is 10.3. The first-order valence-electron chi connectivity index (χ1n) is 6.93. The Bertz CT molecular complexity index is 474. The first kappa shape index (κ1) is 17.1. The summed E-state index contributed by atoms with van der Waals surface area (Å²) >= 11 is 0. The predicted molar refractivity (Wildman–Crippen MR) is 78.0 cm³/mol. The van der Waals surface area contributed by atoms with Gasteiger partial charge in [-0.1, -0.05) is 0 Å². The van der Waals surface area contributed by atoms with Crippen molar-refractivity contribution in [2.24, 2.45) is 12.8 Å². The molecule has 0 aliphatic rings. The highest BCUT2D eigenvalue weighted by atomic mass is 16.6. The summed E-state index contributed by atoms with van der Waals surface area (Å²) < 4.78 is 1.35. The molecule has 1 rings (SSSR count). The monoisotopic (exact) mass is 298 g/mol. The summed E-state index contributed by atoms with van der Waals surface area (Å²) in [5.74, 6) is -0.699. The molecule has 4 N–H and O–H groups in total. The van der Waals surface area contributed by atoms with E-state index in [1.165, 1.54) is 10.8 Å². The topological polar surface area (TPSA) is 128 Å². The van der Waals surface area contributed by atoms with Gasteiger partial charge in [0.15, 0.2) is 0 Å². The number of nitrogens with one attached hydrogen (secondary N) is 2. The second-order valence-corrected chi connectivity index (χ2v) is 4.65. The molecule has 0 aromatic carbocycles. The number of nitro groups is 1. The molecule has 0 aliphatic carbocycles. The van der Waals surface area contributed by atoms with E-state index in [0.29, 0.717) is 13.1 Å². The van der Waals surface area contributed by atoms with Crippen LogP contribution < -0.4 is 16.4 Å². The van der Waals surface area contributed by atoms with Crippen LogP contribution in [0.1, 0.15) is 29.9 Å². The smallest absolute Gasteiger partial charge is 0.358 e. The number of amides is 1. The molecule has 1 aromatic heterocycles. The molecule has 0 unspecified atom stereocenters. The molecule has 0 spiro atoms. The number of nitrogens with zero attached hydrogens (tertiary/aromatic N) is 3. The average molecular weight is 298 g/mol. The maximum absolute atomic E-state index is 11.8. The van der Waals surface area contributed by atoms with E-state index in [1.807, 2.05) is 0 Å². The lowest BCUT2D eigenvalue weighted by molar-refractivity contribution is -0.389. The molecule has 0 saturated heterocycles. The lowest BCUT2D eigenvalue weighted by Gasteiger charge is -2.05. The van der Waals surface area contributed by atoms with Gasteiger partial charge in [0, 0.05) is 13.6 Å². The summed E-state index contributed by atoms with van der Waals surface area (Å²) in [5.41, 5.74) is 5.39. The molecule has 0 radical (unpaired) electrons. The van der Waals surface area contributed by atoms with Gasteiger partial charge in [0.2, 0.25) is 0 Å². The number of aromatic nitrogens is 2. The molecule has 0 bridgehead atoms. The maximum Gasteiger partial charge on any atom is 0.382 e. The minimum absolute atomic E-state index is 0.0394. The molecule has 0 aliphatic heterocycles. The van der Waals surface area contributed by atoms with Gasteiger partial charge < -0.3 is 31.0 Å². The third-order valence-corrected chi connectivity index (χ3v) is 2.88. The number of rotatable bonds is 10. The number of imidazole rings is 1. The Labute approximate surface area is 123 Å². The number of carbonyl (C=O) groups is 1. The molecule has 0 atom stereocenters. The first-order valence-corrected chi connectivity index (χ1v) is 6.93. The maximum atomic E-state index is 11.8. The molecule has 1 amide bonds. The van der Waals surface area contributed by atoms with E-state index >= 15 is 0 Å². The van der Waals surface area contributed by atoms with E-state index in [9.17, 15) is 14.9 Å². The highest BCUT2D eigenvalue weighted by Gasteiger charge is 2.22. The third kappa shape index (κ3) is 5.88. The number of carbonyl (C=O) groups excluding carboxylic acids is 1. The van der Waals surface area contributed by atoms with Crippen LogP contribution in [0.2, 0.25) is 0 Å². The highest BCUT2D eigenvalue weighted by Crippen LogP contribution is 2.09. The van der Waals surface area contributed by atoms with Gasteiger partial charge in [-0.15, -0.1) is 0 Å². The minimum Gasteiger partial charge on any atom is -0.358 e. The Kier molecular flexibility index (Phi) is 7.33. The summed E-state index contributed by atoms with van der Waals surface area (Å²) in [4.78, 5) is 25.5. The molecular formula is C12H22N6O3. The van der Waals surface area contributed by atoms with Crippen molar-refractivity contribution in [1.82, 2.24) is 20.2 Å². The minimum atomic E-state index is -0.623. The fraction of sp³-hybridized carbons (Fsp3) is 0.667. The molecule has 1 aromatic rings. The Morgan fingerprint density at radius 3 is 2.71 bits per heavy atom. The summed E-state index contributed by atoms with van der Waals surface area (Å²) in [6.45, 7) is 2.90. The van der Waals surface area contributed by atoms with E-state index in [-0.39, 0.29) is 11.6 Å². The summed E-state index contributed by atoms with van der Waals surface area (Å²) in [7, 11) is 1.55. The summed E-state index contributed by atoms with van der Waals surface area (Å²) in [5, 5.41) is 16.5. The van der Waals surface area contributed by atoms with Crippen molar-refractivity contribution in [2.45, 2.75) is 19.3 Å². The van der Waals surface area contributed by atoms with E-state index < -0.39 is 10.8 Å². The van der Waals surface area contributed by atoms with Gasteiger partial charge in [-0.2, -0.15) is 0 Å². The van der Waals surface area contributed by atoms with Gasteiger partial charge in [-0.05, 0) is 48.8 Å². The fourth-order valence-electron chi connectivity index (χ4n) is 1.76. The zero-order chi connectivity index (χ0) is 15.7. The van der Waals surface area contributed by atoms with Crippen LogP contribution in [-0.2, 0) is 7.05 Å². The van der Waals surface area contributed by atoms with Crippen LogP contribution in [0.15, 0.2) is 6.20 Å². The molecule has 21 heavy (non-hydrogen) atoms. The Morgan fingerprint density at radius 2 is 2.10 bits per heavy atom. The van der Waals surface area contributed by atoms with Crippen LogP contribution in [0.25, 0.3) is 0 Å². The average Bonchev–Trinajstić information content (AvgIpc) is 2.84. The number of aryl methyl sites for hydroxylation is 1. The molecule has 118 valence electrons. The molecule has 9 nitrogen and oxygen atoms in total. The van der Waals surface area contributed by atoms with Crippen molar-refractivity contribution in [2.75, 3.05) is 26.2 Å². The van der Waals surface area contributed by atoms with Gasteiger partial charge in [0.25, 0.3) is 0 Å². The molecule has 0 saturated carbocycles. The fourth-order valence-corrected chi connectivity index (χ4v) is 1.76. The summed E-state index contributed by atoms with van der Waals surface area (Å²) in [6.07, 6.45) is 4.04. The highest BCUT2D eigenvalue weighted by molar-refractivity contribution is 5.91. The van der Waals surface area contributed by atoms with E-state index in [2.05, 4.69) is 15.6 Å². The van der Waals surface area contributed by atoms with Crippen molar-refractivity contribution >= 4 is 11.7 Å². The SMILES string of the molecule is Cn1cc([N+](=O)[O-])nc1C(=O)NCCCNCCCCN. The van der Waals surface area contributed by atoms with Crippen molar-refractivity contribution in [3.05, 3.63) is 22.1 Å². The molecule has 1 heterocycles.